The molecular weight excluding hydrogens is 474 g/mol. The van der Waals surface area contributed by atoms with Crippen molar-refractivity contribution in [2.75, 3.05) is 45.3 Å². The van der Waals surface area contributed by atoms with Crippen molar-refractivity contribution in [3.8, 4) is 11.5 Å². The first kappa shape index (κ1) is 24.5. The third-order valence-electron chi connectivity index (χ3n) is 7.14. The lowest BCUT2D eigenvalue weighted by Gasteiger charge is -2.40. The molecule has 2 aromatic heterocycles. The highest BCUT2D eigenvalue weighted by Crippen LogP contribution is 2.39. The van der Waals surface area contributed by atoms with E-state index in [1.54, 1.807) is 25.6 Å². The van der Waals surface area contributed by atoms with Crippen LogP contribution in [0, 0.1) is 0 Å². The lowest BCUT2D eigenvalue weighted by molar-refractivity contribution is 0.184. The number of rotatable bonds is 8. The zero-order chi connectivity index (χ0) is 25.3. The van der Waals surface area contributed by atoms with Gasteiger partial charge in [0, 0.05) is 31.7 Å². The number of tetrazole rings is 1. The molecule has 2 aromatic carbocycles. The number of hydrogen-bond acceptors (Lipinski definition) is 9. The van der Waals surface area contributed by atoms with E-state index in [2.05, 4.69) is 64.3 Å². The van der Waals surface area contributed by atoms with Crippen LogP contribution in [0.2, 0.25) is 0 Å². The minimum Gasteiger partial charge on any atom is -0.497 e. The first-order valence-corrected chi connectivity index (χ1v) is 13.1. The summed E-state index contributed by atoms with van der Waals surface area (Å²) in [4.78, 5) is 9.69. The lowest BCUT2D eigenvalue weighted by atomic mass is 9.98. The van der Waals surface area contributed by atoms with Gasteiger partial charge in [-0.15, -0.1) is 5.10 Å². The van der Waals surface area contributed by atoms with E-state index >= 15 is 0 Å². The molecule has 3 heterocycles. The van der Waals surface area contributed by atoms with Crippen molar-refractivity contribution in [3.63, 3.8) is 0 Å². The Kier molecular flexibility index (Phi) is 6.81. The third-order valence-corrected chi connectivity index (χ3v) is 8.24. The molecule has 1 aliphatic rings. The van der Waals surface area contributed by atoms with Gasteiger partial charge >= 0.3 is 0 Å². The number of nitrogens with zero attached hydrogens (tertiary/aromatic N) is 7. The largest absolute Gasteiger partial charge is 0.497 e. The molecule has 0 aliphatic carbocycles. The second kappa shape index (κ2) is 10.0. The molecule has 1 aliphatic heterocycles. The maximum Gasteiger partial charge on any atom is 0.186 e. The molecule has 0 N–H and O–H groups in total. The summed E-state index contributed by atoms with van der Waals surface area (Å²) in [6, 6.07) is 14.0. The smallest absolute Gasteiger partial charge is 0.186 e. The number of anilines is 1. The fourth-order valence-electron chi connectivity index (χ4n) is 4.66. The van der Waals surface area contributed by atoms with Gasteiger partial charge in [0.1, 0.15) is 17.5 Å². The van der Waals surface area contributed by atoms with Crippen LogP contribution in [0.3, 0.4) is 0 Å². The van der Waals surface area contributed by atoms with Crippen molar-refractivity contribution in [2.45, 2.75) is 38.8 Å². The summed E-state index contributed by atoms with van der Waals surface area (Å²) in [5, 5.41) is 14.2. The van der Waals surface area contributed by atoms with Crippen molar-refractivity contribution in [2.24, 2.45) is 0 Å². The number of aromatic nitrogens is 5. The summed E-state index contributed by atoms with van der Waals surface area (Å²) in [6.07, 6.45) is 0.901. The average Bonchev–Trinajstić information content (AvgIpc) is 3.57. The Labute approximate surface area is 215 Å². The summed E-state index contributed by atoms with van der Waals surface area (Å²) < 4.78 is 14.6. The molecule has 1 saturated heterocycles. The summed E-state index contributed by atoms with van der Waals surface area (Å²) in [5.41, 5.74) is 1.82. The molecule has 0 bridgehead atoms. The highest BCUT2D eigenvalue weighted by Gasteiger charge is 2.36. The van der Waals surface area contributed by atoms with Crippen LogP contribution in [0.5, 0.6) is 11.5 Å². The average molecular weight is 508 g/mol. The topological polar surface area (TPSA) is 81.4 Å². The Morgan fingerprint density at radius 3 is 2.50 bits per heavy atom. The van der Waals surface area contributed by atoms with Gasteiger partial charge in [0.2, 0.25) is 0 Å². The van der Waals surface area contributed by atoms with Crippen molar-refractivity contribution in [1.29, 1.82) is 0 Å². The number of fused-ring (bicyclic) bond motifs is 1. The van der Waals surface area contributed by atoms with E-state index in [-0.39, 0.29) is 11.6 Å². The van der Waals surface area contributed by atoms with Gasteiger partial charge in [-0.3, -0.25) is 4.90 Å². The molecule has 1 atom stereocenters. The molecule has 0 amide bonds. The van der Waals surface area contributed by atoms with Crippen LogP contribution in [0.15, 0.2) is 42.5 Å². The number of methoxy groups -OCH3 is 2. The predicted octanol–water partition coefficient (Wildman–Crippen LogP) is 4.36. The number of para-hydroxylation sites is 1. The van der Waals surface area contributed by atoms with Crippen LogP contribution in [0.25, 0.3) is 10.2 Å². The zero-order valence-electron chi connectivity index (χ0n) is 21.5. The van der Waals surface area contributed by atoms with E-state index in [1.165, 1.54) is 4.70 Å². The highest BCUT2D eigenvalue weighted by molar-refractivity contribution is 7.22. The lowest BCUT2D eigenvalue weighted by Crippen LogP contribution is -2.49. The maximum atomic E-state index is 5.81. The maximum absolute atomic E-state index is 5.81. The molecule has 36 heavy (non-hydrogen) atoms. The number of hydrogen-bond donors (Lipinski definition) is 0. The Hall–Kier alpha value is -3.24. The van der Waals surface area contributed by atoms with Crippen molar-refractivity contribution < 1.29 is 9.47 Å². The van der Waals surface area contributed by atoms with E-state index < -0.39 is 0 Å². The van der Waals surface area contributed by atoms with Gasteiger partial charge in [0.15, 0.2) is 11.0 Å². The molecular formula is C26H33N7O2S. The minimum absolute atomic E-state index is 0.187. The predicted molar refractivity (Wildman–Crippen MR) is 142 cm³/mol. The molecule has 0 radical (unpaired) electrons. The molecule has 5 rings (SSSR count). The summed E-state index contributed by atoms with van der Waals surface area (Å²) in [6.45, 7) is 9.88. The van der Waals surface area contributed by atoms with E-state index in [1.807, 2.05) is 28.9 Å². The normalized spacial score (nSPS) is 15.9. The van der Waals surface area contributed by atoms with E-state index in [9.17, 15) is 0 Å². The number of piperazine rings is 1. The van der Waals surface area contributed by atoms with E-state index in [4.69, 9.17) is 14.5 Å². The van der Waals surface area contributed by atoms with Crippen LogP contribution in [-0.4, -0.2) is 70.5 Å². The molecule has 190 valence electrons. The van der Waals surface area contributed by atoms with Gasteiger partial charge in [0.25, 0.3) is 0 Å². The van der Waals surface area contributed by atoms with Crippen LogP contribution in [-0.2, 0) is 5.54 Å². The highest BCUT2D eigenvalue weighted by atomic mass is 32.1. The number of thiazole rings is 1. The van der Waals surface area contributed by atoms with Gasteiger partial charge < -0.3 is 14.4 Å². The van der Waals surface area contributed by atoms with E-state index in [0.29, 0.717) is 0 Å². The fourth-order valence-corrected chi connectivity index (χ4v) is 5.68. The summed E-state index contributed by atoms with van der Waals surface area (Å²) in [5.74, 6) is 2.37. The van der Waals surface area contributed by atoms with Gasteiger partial charge in [-0.2, -0.15) is 0 Å². The number of ether oxygens (including phenoxy) is 2. The van der Waals surface area contributed by atoms with Gasteiger partial charge in [-0.1, -0.05) is 30.4 Å². The Morgan fingerprint density at radius 2 is 1.81 bits per heavy atom. The van der Waals surface area contributed by atoms with Crippen LogP contribution >= 0.6 is 11.3 Å². The molecule has 9 nitrogen and oxygen atoms in total. The van der Waals surface area contributed by atoms with Gasteiger partial charge in [0.05, 0.1) is 30.0 Å². The molecule has 4 aromatic rings. The first-order chi connectivity index (χ1) is 17.4. The Bertz CT molecular complexity index is 1290. The molecule has 0 spiro atoms. The molecule has 0 saturated carbocycles. The Balaban J connectivity index is 1.50. The fraction of sp³-hybridized carbons (Fsp3) is 0.462. The first-order valence-electron chi connectivity index (χ1n) is 12.3. The second-order valence-electron chi connectivity index (χ2n) is 9.61. The zero-order valence-corrected chi connectivity index (χ0v) is 22.3. The summed E-state index contributed by atoms with van der Waals surface area (Å²) >= 11 is 1.75. The van der Waals surface area contributed by atoms with Crippen molar-refractivity contribution in [3.05, 3.63) is 53.9 Å². The van der Waals surface area contributed by atoms with Gasteiger partial charge in [-0.05, 0) is 61.0 Å². The van der Waals surface area contributed by atoms with Crippen LogP contribution < -0.4 is 14.4 Å². The van der Waals surface area contributed by atoms with Gasteiger partial charge in [-0.25, -0.2) is 9.67 Å². The monoisotopic (exact) mass is 507 g/mol. The second-order valence-corrected chi connectivity index (χ2v) is 10.6. The summed E-state index contributed by atoms with van der Waals surface area (Å²) in [7, 11) is 3.38. The van der Waals surface area contributed by atoms with E-state index in [0.717, 1.165) is 66.1 Å². The molecule has 10 heteroatoms. The standard InChI is InChI=1S/C26H33N7O2S/c1-6-26(2,3)33-24(28-29-30-33)23(19-17-18(34-4)11-12-21(19)35-5)31-13-15-32(16-14-31)25-27-20-9-7-8-10-22(20)36-25/h7-12,17,23H,6,13-16H2,1-5H3. The van der Waals surface area contributed by atoms with Crippen molar-refractivity contribution >= 4 is 26.7 Å². The Morgan fingerprint density at radius 1 is 1.03 bits per heavy atom. The van der Waals surface area contributed by atoms with Crippen molar-refractivity contribution in [1.82, 2.24) is 30.1 Å². The molecule has 1 unspecified atom stereocenters. The minimum atomic E-state index is -0.230. The molecule has 1 fully saturated rings. The quantitative estimate of drug-likeness (QED) is 0.348. The van der Waals surface area contributed by atoms with Crippen LogP contribution in [0.1, 0.15) is 44.6 Å². The SMILES string of the molecule is CCC(C)(C)n1nnnc1C(c1cc(OC)ccc1OC)N1CCN(c2nc3ccccc3s2)CC1. The van der Waals surface area contributed by atoms with Crippen LogP contribution in [0.4, 0.5) is 5.13 Å². The number of benzene rings is 2. The third kappa shape index (κ3) is 4.51.